The van der Waals surface area contributed by atoms with Crippen LogP contribution in [-0.4, -0.2) is 36.2 Å². The molecule has 1 atom stereocenters. The summed E-state index contributed by atoms with van der Waals surface area (Å²) in [5, 5.41) is 13.5. The maximum Gasteiger partial charge on any atom is 0.143 e. The number of hydrogen-bond donors (Lipinski definition) is 3. The zero-order valence-corrected chi connectivity index (χ0v) is 10.8. The largest absolute Gasteiger partial charge is 0.505 e. The highest BCUT2D eigenvalue weighted by Crippen LogP contribution is 2.36. The van der Waals surface area contributed by atoms with Crippen LogP contribution in [0.3, 0.4) is 0 Å². The standard InChI is InChI=1S/C14H21N3O/c1-3-12(17-8-6-16-7-9-17)13-10(2)4-5-11(15)14(13)18/h3-5,12,16,18H,1,6-9,15H2,2H3/t12-/m1/s1. The molecule has 0 bridgehead atoms. The van der Waals surface area contributed by atoms with Crippen LogP contribution in [0.15, 0.2) is 24.8 Å². The van der Waals surface area contributed by atoms with Crippen LogP contribution < -0.4 is 11.1 Å². The summed E-state index contributed by atoms with van der Waals surface area (Å²) in [5.41, 5.74) is 8.15. The molecule has 4 heteroatoms. The van der Waals surface area contributed by atoms with Crippen LogP contribution >= 0.6 is 0 Å². The Morgan fingerprint density at radius 1 is 1.44 bits per heavy atom. The zero-order valence-electron chi connectivity index (χ0n) is 10.8. The third kappa shape index (κ3) is 2.35. The van der Waals surface area contributed by atoms with Crippen molar-refractivity contribution in [3.05, 3.63) is 35.9 Å². The summed E-state index contributed by atoms with van der Waals surface area (Å²) >= 11 is 0. The van der Waals surface area contributed by atoms with Gasteiger partial charge in [-0.1, -0.05) is 12.1 Å². The fraction of sp³-hybridized carbons (Fsp3) is 0.429. The highest BCUT2D eigenvalue weighted by molar-refractivity contribution is 5.60. The molecule has 4 nitrogen and oxygen atoms in total. The van der Waals surface area contributed by atoms with Gasteiger partial charge in [0.1, 0.15) is 5.75 Å². The van der Waals surface area contributed by atoms with E-state index in [-0.39, 0.29) is 11.8 Å². The fourth-order valence-corrected chi connectivity index (χ4v) is 2.51. The van der Waals surface area contributed by atoms with Gasteiger partial charge in [-0.15, -0.1) is 6.58 Å². The van der Waals surface area contributed by atoms with E-state index < -0.39 is 0 Å². The Kier molecular flexibility index (Phi) is 3.89. The van der Waals surface area contributed by atoms with E-state index in [0.717, 1.165) is 37.3 Å². The second-order valence-corrected chi connectivity index (χ2v) is 4.70. The highest BCUT2D eigenvalue weighted by atomic mass is 16.3. The fourth-order valence-electron chi connectivity index (χ4n) is 2.51. The number of aryl methyl sites for hydroxylation is 1. The second kappa shape index (κ2) is 5.42. The summed E-state index contributed by atoms with van der Waals surface area (Å²) in [7, 11) is 0. The van der Waals surface area contributed by atoms with Gasteiger partial charge in [0.05, 0.1) is 11.7 Å². The van der Waals surface area contributed by atoms with Gasteiger partial charge in [-0.25, -0.2) is 0 Å². The van der Waals surface area contributed by atoms with Crippen molar-refractivity contribution in [2.75, 3.05) is 31.9 Å². The smallest absolute Gasteiger partial charge is 0.143 e. The number of nitrogens with two attached hydrogens (primary N) is 1. The van der Waals surface area contributed by atoms with Gasteiger partial charge in [-0.2, -0.15) is 0 Å². The monoisotopic (exact) mass is 247 g/mol. The SMILES string of the molecule is C=C[C@H](c1c(C)ccc(N)c1O)N1CCNCC1. The summed E-state index contributed by atoms with van der Waals surface area (Å²) in [6.07, 6.45) is 1.88. The summed E-state index contributed by atoms with van der Waals surface area (Å²) in [6, 6.07) is 3.71. The van der Waals surface area contributed by atoms with Crippen LogP contribution in [0.2, 0.25) is 0 Å². The zero-order chi connectivity index (χ0) is 13.1. The molecule has 1 aliphatic rings. The van der Waals surface area contributed by atoms with Gasteiger partial charge in [-0.05, 0) is 18.6 Å². The van der Waals surface area contributed by atoms with Crippen molar-refractivity contribution in [1.29, 1.82) is 0 Å². The van der Waals surface area contributed by atoms with Crippen molar-refractivity contribution < 1.29 is 5.11 Å². The average Bonchev–Trinajstić information content (AvgIpc) is 2.40. The van der Waals surface area contributed by atoms with E-state index in [0.29, 0.717) is 5.69 Å². The maximum atomic E-state index is 10.2. The number of benzene rings is 1. The van der Waals surface area contributed by atoms with Crippen LogP contribution in [0.1, 0.15) is 17.2 Å². The van der Waals surface area contributed by atoms with Crippen LogP contribution in [0, 0.1) is 6.92 Å². The molecular weight excluding hydrogens is 226 g/mol. The number of piperazine rings is 1. The first-order valence-corrected chi connectivity index (χ1v) is 6.30. The molecule has 2 rings (SSSR count). The molecule has 0 aliphatic carbocycles. The number of hydrogen-bond acceptors (Lipinski definition) is 4. The highest BCUT2D eigenvalue weighted by Gasteiger charge is 2.24. The molecule has 18 heavy (non-hydrogen) atoms. The van der Waals surface area contributed by atoms with E-state index >= 15 is 0 Å². The molecule has 0 unspecified atom stereocenters. The molecule has 0 aromatic heterocycles. The lowest BCUT2D eigenvalue weighted by molar-refractivity contribution is 0.200. The molecule has 1 aliphatic heterocycles. The molecule has 0 amide bonds. The van der Waals surface area contributed by atoms with E-state index in [1.165, 1.54) is 0 Å². The van der Waals surface area contributed by atoms with E-state index in [1.807, 2.05) is 19.1 Å². The summed E-state index contributed by atoms with van der Waals surface area (Å²) < 4.78 is 0. The van der Waals surface area contributed by atoms with Gasteiger partial charge in [0.15, 0.2) is 0 Å². The number of phenols is 1. The van der Waals surface area contributed by atoms with Gasteiger partial charge >= 0.3 is 0 Å². The van der Waals surface area contributed by atoms with Gasteiger partial charge in [0, 0.05) is 31.7 Å². The van der Waals surface area contributed by atoms with Crippen molar-refractivity contribution in [3.8, 4) is 5.75 Å². The third-order valence-corrected chi connectivity index (χ3v) is 3.53. The third-order valence-electron chi connectivity index (χ3n) is 3.53. The molecule has 0 radical (unpaired) electrons. The number of nitrogens with zero attached hydrogens (tertiary/aromatic N) is 1. The first-order valence-electron chi connectivity index (χ1n) is 6.30. The van der Waals surface area contributed by atoms with Crippen LogP contribution in [-0.2, 0) is 0 Å². The molecule has 98 valence electrons. The molecule has 1 fully saturated rings. The Morgan fingerprint density at radius 2 is 2.11 bits per heavy atom. The lowest BCUT2D eigenvalue weighted by atomic mass is 9.97. The summed E-state index contributed by atoms with van der Waals surface area (Å²) in [4.78, 5) is 2.31. The van der Waals surface area contributed by atoms with E-state index in [2.05, 4.69) is 16.8 Å². The Bertz CT molecular complexity index is 439. The van der Waals surface area contributed by atoms with Gasteiger partial charge in [0.25, 0.3) is 0 Å². The van der Waals surface area contributed by atoms with Crippen molar-refractivity contribution in [2.24, 2.45) is 0 Å². The number of nitrogens with one attached hydrogen (secondary N) is 1. The van der Waals surface area contributed by atoms with Gasteiger partial charge in [0.2, 0.25) is 0 Å². The van der Waals surface area contributed by atoms with Crippen LogP contribution in [0.4, 0.5) is 5.69 Å². The van der Waals surface area contributed by atoms with E-state index in [9.17, 15) is 5.11 Å². The van der Waals surface area contributed by atoms with Crippen molar-refractivity contribution in [2.45, 2.75) is 13.0 Å². The topological polar surface area (TPSA) is 61.5 Å². The van der Waals surface area contributed by atoms with Crippen LogP contribution in [0.5, 0.6) is 5.75 Å². The molecule has 1 saturated heterocycles. The lowest BCUT2D eigenvalue weighted by Gasteiger charge is -2.34. The molecule has 0 saturated carbocycles. The number of aromatic hydroxyl groups is 1. The maximum absolute atomic E-state index is 10.2. The predicted octanol–water partition coefficient (Wildman–Crippen LogP) is 1.42. The van der Waals surface area contributed by atoms with Gasteiger partial charge in [-0.3, -0.25) is 4.90 Å². The van der Waals surface area contributed by atoms with Gasteiger partial charge < -0.3 is 16.2 Å². The lowest BCUT2D eigenvalue weighted by Crippen LogP contribution is -2.44. The number of phenolic OH excluding ortho intramolecular Hbond substituents is 1. The molecule has 1 aromatic carbocycles. The van der Waals surface area contributed by atoms with E-state index in [1.54, 1.807) is 6.07 Å². The van der Waals surface area contributed by atoms with Crippen LogP contribution in [0.25, 0.3) is 0 Å². The molecular formula is C14H21N3O. The predicted molar refractivity (Wildman–Crippen MR) is 74.6 cm³/mol. The second-order valence-electron chi connectivity index (χ2n) is 4.70. The number of nitrogen functional groups attached to an aromatic ring is 1. The first-order chi connectivity index (χ1) is 8.65. The first kappa shape index (κ1) is 12.9. The molecule has 4 N–H and O–H groups in total. The number of rotatable bonds is 3. The number of anilines is 1. The summed E-state index contributed by atoms with van der Waals surface area (Å²) in [5.74, 6) is 0.193. The van der Waals surface area contributed by atoms with Crippen molar-refractivity contribution >= 4 is 5.69 Å². The van der Waals surface area contributed by atoms with E-state index in [4.69, 9.17) is 5.73 Å². The molecule has 0 spiro atoms. The Morgan fingerprint density at radius 3 is 2.72 bits per heavy atom. The Balaban J connectivity index is 2.37. The quantitative estimate of drug-likeness (QED) is 0.429. The summed E-state index contributed by atoms with van der Waals surface area (Å²) in [6.45, 7) is 9.73. The Labute approximate surface area is 108 Å². The minimum Gasteiger partial charge on any atom is -0.505 e. The van der Waals surface area contributed by atoms with Crippen molar-refractivity contribution in [1.82, 2.24) is 10.2 Å². The minimum atomic E-state index is 0.0237. The normalized spacial score (nSPS) is 18.5. The minimum absolute atomic E-state index is 0.0237. The molecule has 1 heterocycles. The van der Waals surface area contributed by atoms with Crippen molar-refractivity contribution in [3.63, 3.8) is 0 Å². The molecule has 1 aromatic rings. The average molecular weight is 247 g/mol. The Hall–Kier alpha value is -1.52.